The van der Waals surface area contributed by atoms with Gasteiger partial charge in [0.2, 0.25) is 0 Å². The maximum atomic E-state index is 9.54. The van der Waals surface area contributed by atoms with E-state index in [9.17, 15) is 5.11 Å². The fraction of sp³-hybridized carbons (Fsp3) is 0.444. The van der Waals surface area contributed by atoms with Crippen LogP contribution in [0.3, 0.4) is 0 Å². The lowest BCUT2D eigenvalue weighted by atomic mass is 10.1. The number of ether oxygens (including phenoxy) is 1. The second-order valence-corrected chi connectivity index (χ2v) is 2.65. The van der Waals surface area contributed by atoms with Crippen molar-refractivity contribution >= 4 is 0 Å². The van der Waals surface area contributed by atoms with Crippen molar-refractivity contribution < 1.29 is 9.84 Å². The smallest absolute Gasteiger partial charge is 0.104 e. The number of aliphatic hydroxyl groups excluding tert-OH is 1. The van der Waals surface area contributed by atoms with E-state index in [1.165, 1.54) is 0 Å². The van der Waals surface area contributed by atoms with Crippen LogP contribution in [0.25, 0.3) is 0 Å². The first-order valence-corrected chi connectivity index (χ1v) is 3.84. The molecule has 3 heteroatoms. The van der Waals surface area contributed by atoms with Crippen LogP contribution in [0.2, 0.25) is 0 Å². The molecule has 1 atom stereocenters. The number of aryl methyl sites for hydroxylation is 1. The normalized spacial score (nSPS) is 12.9. The lowest BCUT2D eigenvalue weighted by molar-refractivity contribution is 0.0637. The molecule has 1 N–H and O–H groups in total. The van der Waals surface area contributed by atoms with E-state index in [1.807, 2.05) is 13.0 Å². The van der Waals surface area contributed by atoms with Gasteiger partial charge < -0.3 is 9.84 Å². The van der Waals surface area contributed by atoms with Crippen molar-refractivity contribution in [2.45, 2.75) is 13.0 Å². The van der Waals surface area contributed by atoms with Gasteiger partial charge in [-0.3, -0.25) is 4.98 Å². The highest BCUT2D eigenvalue weighted by Gasteiger charge is 2.09. The van der Waals surface area contributed by atoms with Gasteiger partial charge >= 0.3 is 0 Å². The molecule has 66 valence electrons. The summed E-state index contributed by atoms with van der Waals surface area (Å²) in [6.07, 6.45) is 1.14. The highest BCUT2D eigenvalue weighted by molar-refractivity contribution is 5.20. The molecule has 0 aromatic carbocycles. The molecule has 1 aromatic heterocycles. The summed E-state index contributed by atoms with van der Waals surface area (Å²) >= 11 is 0. The van der Waals surface area contributed by atoms with Gasteiger partial charge in [0.05, 0.1) is 6.61 Å². The zero-order valence-corrected chi connectivity index (χ0v) is 7.32. The van der Waals surface area contributed by atoms with Crippen LogP contribution in [0.5, 0.6) is 0 Å². The zero-order chi connectivity index (χ0) is 8.97. The topological polar surface area (TPSA) is 42.4 Å². The Bertz CT molecular complexity index is 250. The highest BCUT2D eigenvalue weighted by atomic mass is 16.5. The summed E-state index contributed by atoms with van der Waals surface area (Å²) in [5, 5.41) is 9.54. The molecule has 0 amide bonds. The molecule has 0 saturated heterocycles. The lowest BCUT2D eigenvalue weighted by Gasteiger charge is -2.10. The molecule has 0 aliphatic heterocycles. The van der Waals surface area contributed by atoms with E-state index >= 15 is 0 Å². The first-order chi connectivity index (χ1) is 5.75. The first kappa shape index (κ1) is 9.16. The van der Waals surface area contributed by atoms with Crippen LogP contribution >= 0.6 is 0 Å². The second kappa shape index (κ2) is 4.18. The number of aromatic nitrogens is 1. The van der Waals surface area contributed by atoms with Crippen molar-refractivity contribution in [1.29, 1.82) is 0 Å². The molecule has 1 heterocycles. The maximum absolute atomic E-state index is 9.54. The van der Waals surface area contributed by atoms with Crippen molar-refractivity contribution in [2.75, 3.05) is 13.7 Å². The molecule has 0 spiro atoms. The average Bonchev–Trinajstić information content (AvgIpc) is 2.05. The predicted molar refractivity (Wildman–Crippen MR) is 45.8 cm³/mol. The molecular formula is C9H13NO2. The van der Waals surface area contributed by atoms with Gasteiger partial charge in [-0.25, -0.2) is 0 Å². The molecule has 0 fully saturated rings. The quantitative estimate of drug-likeness (QED) is 0.732. The largest absolute Gasteiger partial charge is 0.386 e. The van der Waals surface area contributed by atoms with Crippen molar-refractivity contribution in [3.05, 3.63) is 29.6 Å². The minimum Gasteiger partial charge on any atom is -0.386 e. The van der Waals surface area contributed by atoms with Crippen LogP contribution in [-0.2, 0) is 4.74 Å². The van der Waals surface area contributed by atoms with Crippen LogP contribution in [0, 0.1) is 6.92 Å². The Morgan fingerprint density at radius 3 is 3.00 bits per heavy atom. The van der Waals surface area contributed by atoms with E-state index in [0.717, 1.165) is 11.3 Å². The highest BCUT2D eigenvalue weighted by Crippen LogP contribution is 2.14. The Labute approximate surface area is 72.0 Å². The van der Waals surface area contributed by atoms with E-state index in [1.54, 1.807) is 19.4 Å². The minimum atomic E-state index is -0.566. The Balaban J connectivity index is 2.79. The molecule has 0 aliphatic rings. The van der Waals surface area contributed by atoms with E-state index in [0.29, 0.717) is 6.61 Å². The molecule has 0 radical (unpaired) electrons. The Morgan fingerprint density at radius 2 is 2.42 bits per heavy atom. The third kappa shape index (κ3) is 2.03. The molecule has 1 unspecified atom stereocenters. The fourth-order valence-corrected chi connectivity index (χ4v) is 1.10. The summed E-state index contributed by atoms with van der Waals surface area (Å²) in [7, 11) is 1.56. The summed E-state index contributed by atoms with van der Waals surface area (Å²) in [6, 6.07) is 3.66. The van der Waals surface area contributed by atoms with Crippen molar-refractivity contribution in [2.24, 2.45) is 0 Å². The van der Waals surface area contributed by atoms with Gasteiger partial charge in [0.15, 0.2) is 0 Å². The number of nitrogens with zero attached hydrogens (tertiary/aromatic N) is 1. The monoisotopic (exact) mass is 167 g/mol. The third-order valence-electron chi connectivity index (χ3n) is 1.73. The molecular weight excluding hydrogens is 154 g/mol. The van der Waals surface area contributed by atoms with Gasteiger partial charge in [0.25, 0.3) is 0 Å². The lowest BCUT2D eigenvalue weighted by Crippen LogP contribution is -2.07. The van der Waals surface area contributed by atoms with Gasteiger partial charge in [0.1, 0.15) is 6.10 Å². The average molecular weight is 167 g/mol. The molecule has 0 bridgehead atoms. The van der Waals surface area contributed by atoms with Gasteiger partial charge in [-0.05, 0) is 13.0 Å². The van der Waals surface area contributed by atoms with E-state index in [2.05, 4.69) is 4.98 Å². The van der Waals surface area contributed by atoms with Crippen molar-refractivity contribution in [3.63, 3.8) is 0 Å². The number of pyridine rings is 1. The van der Waals surface area contributed by atoms with Crippen LogP contribution < -0.4 is 0 Å². The van der Waals surface area contributed by atoms with Crippen molar-refractivity contribution in [1.82, 2.24) is 4.98 Å². The van der Waals surface area contributed by atoms with Gasteiger partial charge in [-0.1, -0.05) is 6.07 Å². The van der Waals surface area contributed by atoms with Crippen molar-refractivity contribution in [3.8, 4) is 0 Å². The molecule has 3 nitrogen and oxygen atoms in total. The standard InChI is InChI=1S/C9H13NO2/c1-7-8(4-3-5-10-7)9(11)6-12-2/h3-5,9,11H,6H2,1-2H3. The molecule has 0 saturated carbocycles. The van der Waals surface area contributed by atoms with Crippen LogP contribution in [-0.4, -0.2) is 23.8 Å². The number of hydrogen-bond donors (Lipinski definition) is 1. The summed E-state index contributed by atoms with van der Waals surface area (Å²) < 4.78 is 4.84. The summed E-state index contributed by atoms with van der Waals surface area (Å²) in [5.74, 6) is 0. The van der Waals surface area contributed by atoms with Crippen LogP contribution in [0.1, 0.15) is 17.4 Å². The van der Waals surface area contributed by atoms with E-state index in [4.69, 9.17) is 4.74 Å². The zero-order valence-electron chi connectivity index (χ0n) is 7.32. The maximum Gasteiger partial charge on any atom is 0.104 e. The molecule has 1 aromatic rings. The summed E-state index contributed by atoms with van der Waals surface area (Å²) in [4.78, 5) is 4.07. The Hall–Kier alpha value is -0.930. The molecule has 12 heavy (non-hydrogen) atoms. The number of hydrogen-bond acceptors (Lipinski definition) is 3. The van der Waals surface area contributed by atoms with E-state index < -0.39 is 6.10 Å². The molecule has 0 aliphatic carbocycles. The Morgan fingerprint density at radius 1 is 1.67 bits per heavy atom. The van der Waals surface area contributed by atoms with Gasteiger partial charge in [0, 0.05) is 24.6 Å². The number of aliphatic hydroxyl groups is 1. The number of rotatable bonds is 3. The molecule has 1 rings (SSSR count). The minimum absolute atomic E-state index is 0.312. The predicted octanol–water partition coefficient (Wildman–Crippen LogP) is 1.07. The first-order valence-electron chi connectivity index (χ1n) is 3.84. The van der Waals surface area contributed by atoms with Gasteiger partial charge in [-0.15, -0.1) is 0 Å². The number of methoxy groups -OCH3 is 1. The summed E-state index contributed by atoms with van der Waals surface area (Å²) in [6.45, 7) is 2.18. The third-order valence-corrected chi connectivity index (χ3v) is 1.73. The van der Waals surface area contributed by atoms with E-state index in [-0.39, 0.29) is 0 Å². The van der Waals surface area contributed by atoms with Crippen LogP contribution in [0.4, 0.5) is 0 Å². The fourth-order valence-electron chi connectivity index (χ4n) is 1.10. The SMILES string of the molecule is COCC(O)c1cccnc1C. The van der Waals surface area contributed by atoms with Gasteiger partial charge in [-0.2, -0.15) is 0 Å². The summed E-state index contributed by atoms with van der Waals surface area (Å²) in [5.41, 5.74) is 1.68. The van der Waals surface area contributed by atoms with Crippen LogP contribution in [0.15, 0.2) is 18.3 Å². The Kier molecular flexibility index (Phi) is 3.19. The second-order valence-electron chi connectivity index (χ2n) is 2.65.